The number of imidazole rings is 1. The lowest BCUT2D eigenvalue weighted by Crippen LogP contribution is -2.34. The topological polar surface area (TPSA) is 108 Å². The zero-order valence-electron chi connectivity index (χ0n) is 15.8. The minimum Gasteiger partial charge on any atom is -0.465 e. The molecule has 0 aromatic carbocycles. The van der Waals surface area contributed by atoms with Crippen LogP contribution in [0.2, 0.25) is 0 Å². The van der Waals surface area contributed by atoms with Gasteiger partial charge < -0.3 is 20.2 Å². The molecule has 1 atom stereocenters. The van der Waals surface area contributed by atoms with Gasteiger partial charge in [-0.3, -0.25) is 9.47 Å². The van der Waals surface area contributed by atoms with Crippen LogP contribution in [-0.2, 0) is 6.54 Å². The molecule has 1 saturated heterocycles. The monoisotopic (exact) mass is 384 g/mol. The van der Waals surface area contributed by atoms with Crippen molar-refractivity contribution in [3.05, 3.63) is 42.0 Å². The maximum Gasteiger partial charge on any atom is 0.404 e. The van der Waals surface area contributed by atoms with Crippen LogP contribution in [0.25, 0.3) is 11.2 Å². The molecule has 1 fully saturated rings. The molecule has 1 aliphatic rings. The predicted octanol–water partition coefficient (Wildman–Crippen LogP) is 2.13. The third-order valence-electron chi connectivity index (χ3n) is 4.92. The number of hydrogen-bond donors (Lipinski definition) is 3. The molecule has 1 amide bonds. The van der Waals surface area contributed by atoms with E-state index in [9.17, 15) is 4.79 Å². The lowest BCUT2D eigenvalue weighted by molar-refractivity contribution is 0.192. The summed E-state index contributed by atoms with van der Waals surface area (Å²) in [4.78, 5) is 22.1. The summed E-state index contributed by atoms with van der Waals surface area (Å²) in [6.45, 7) is 5.39. The van der Waals surface area contributed by atoms with Crippen LogP contribution in [0.1, 0.15) is 17.9 Å². The third kappa shape index (κ3) is 4.09. The Morgan fingerprint density at radius 2 is 2.29 bits per heavy atom. The van der Waals surface area contributed by atoms with E-state index in [1.807, 2.05) is 35.8 Å². The van der Waals surface area contributed by atoms with E-state index in [4.69, 9.17) is 14.5 Å². The zero-order valence-corrected chi connectivity index (χ0v) is 15.8. The first-order chi connectivity index (χ1) is 13.6. The number of anilines is 1. The number of hydrogen-bond acceptors (Lipinski definition) is 6. The lowest BCUT2D eigenvalue weighted by Gasteiger charge is -2.17. The number of aryl methyl sites for hydroxylation is 1. The minimum absolute atomic E-state index is 0.249. The molecule has 0 spiro atoms. The number of pyridine rings is 1. The number of carbonyl (C=O) groups is 1. The average Bonchev–Trinajstić information content (AvgIpc) is 3.36. The Hall–Kier alpha value is -3.07. The number of likely N-dealkylation sites (tertiary alicyclic amines) is 1. The number of furan rings is 1. The maximum absolute atomic E-state index is 10.6. The number of aromatic nitrogens is 3. The van der Waals surface area contributed by atoms with E-state index in [0.717, 1.165) is 48.1 Å². The average molecular weight is 384 g/mol. The summed E-state index contributed by atoms with van der Waals surface area (Å²) in [5, 5.41) is 14.6. The van der Waals surface area contributed by atoms with Gasteiger partial charge in [-0.15, -0.1) is 0 Å². The number of nitrogens with one attached hydrogen (secondary N) is 2. The summed E-state index contributed by atoms with van der Waals surface area (Å²) in [7, 11) is 0. The van der Waals surface area contributed by atoms with Crippen LogP contribution in [0.3, 0.4) is 0 Å². The molecule has 0 aliphatic carbocycles. The maximum atomic E-state index is 10.6. The second-order valence-electron chi connectivity index (χ2n) is 7.04. The molecule has 0 saturated carbocycles. The number of carboxylic acid groups (broad SMARTS) is 1. The van der Waals surface area contributed by atoms with Crippen LogP contribution in [0.4, 0.5) is 10.7 Å². The molecule has 9 nitrogen and oxygen atoms in total. The fourth-order valence-corrected chi connectivity index (χ4v) is 3.60. The molecule has 28 heavy (non-hydrogen) atoms. The molecule has 148 valence electrons. The van der Waals surface area contributed by atoms with E-state index >= 15 is 0 Å². The molecule has 4 heterocycles. The van der Waals surface area contributed by atoms with Gasteiger partial charge in [-0.2, -0.15) is 0 Å². The Bertz CT molecular complexity index is 966. The lowest BCUT2D eigenvalue weighted by atomic mass is 10.3. The van der Waals surface area contributed by atoms with Gasteiger partial charge in [0.1, 0.15) is 17.0 Å². The van der Waals surface area contributed by atoms with Crippen molar-refractivity contribution in [1.82, 2.24) is 24.8 Å². The summed E-state index contributed by atoms with van der Waals surface area (Å²) < 4.78 is 7.79. The van der Waals surface area contributed by atoms with Crippen molar-refractivity contribution in [1.29, 1.82) is 0 Å². The zero-order chi connectivity index (χ0) is 19.5. The molecule has 0 bridgehead atoms. The molecular weight excluding hydrogens is 360 g/mol. The van der Waals surface area contributed by atoms with Crippen LogP contribution in [-0.4, -0.2) is 62.9 Å². The highest BCUT2D eigenvalue weighted by Crippen LogP contribution is 2.22. The minimum atomic E-state index is -0.983. The van der Waals surface area contributed by atoms with Crippen molar-refractivity contribution >= 4 is 23.2 Å². The van der Waals surface area contributed by atoms with Gasteiger partial charge in [0, 0.05) is 38.4 Å². The second-order valence-corrected chi connectivity index (χ2v) is 7.04. The van der Waals surface area contributed by atoms with E-state index in [0.29, 0.717) is 19.6 Å². The Kier molecular flexibility index (Phi) is 5.16. The molecular formula is C19H24N6O3. The van der Waals surface area contributed by atoms with Crippen molar-refractivity contribution < 1.29 is 14.3 Å². The second kappa shape index (κ2) is 7.89. The fourth-order valence-electron chi connectivity index (χ4n) is 3.60. The van der Waals surface area contributed by atoms with Gasteiger partial charge in [-0.1, -0.05) is 0 Å². The first-order valence-corrected chi connectivity index (χ1v) is 9.41. The summed E-state index contributed by atoms with van der Waals surface area (Å²) in [5.41, 5.74) is 1.66. The van der Waals surface area contributed by atoms with Gasteiger partial charge in [0.2, 0.25) is 5.95 Å². The first-order valence-electron chi connectivity index (χ1n) is 9.41. The number of rotatable bonds is 7. The smallest absolute Gasteiger partial charge is 0.404 e. The third-order valence-corrected chi connectivity index (χ3v) is 4.92. The van der Waals surface area contributed by atoms with Crippen molar-refractivity contribution in [3.63, 3.8) is 0 Å². The molecule has 3 aromatic heterocycles. The number of fused-ring (bicyclic) bond motifs is 1. The highest BCUT2D eigenvalue weighted by Gasteiger charge is 2.24. The quantitative estimate of drug-likeness (QED) is 0.573. The molecule has 0 radical (unpaired) electrons. The number of amides is 1. The van der Waals surface area contributed by atoms with E-state index in [1.165, 1.54) is 0 Å². The van der Waals surface area contributed by atoms with Gasteiger partial charge in [0.05, 0.1) is 6.54 Å². The molecule has 3 N–H and O–H groups in total. The van der Waals surface area contributed by atoms with E-state index in [1.54, 1.807) is 6.20 Å². The summed E-state index contributed by atoms with van der Waals surface area (Å²) >= 11 is 0. The van der Waals surface area contributed by atoms with Crippen LogP contribution >= 0.6 is 0 Å². The van der Waals surface area contributed by atoms with Gasteiger partial charge in [0.25, 0.3) is 0 Å². The standard InChI is InChI=1S/C19H24N6O3/c1-13-4-5-15(28-13)12-25-17-16(3-2-7-20-17)23-18(25)22-14-6-9-24(11-14)10-8-21-19(26)27/h2-5,7,14,21H,6,8-12H2,1H3,(H,22,23)(H,26,27). The van der Waals surface area contributed by atoms with E-state index in [2.05, 4.69) is 20.5 Å². The molecule has 1 aliphatic heterocycles. The van der Waals surface area contributed by atoms with Crippen molar-refractivity contribution in [2.75, 3.05) is 31.5 Å². The van der Waals surface area contributed by atoms with Gasteiger partial charge in [-0.05, 0) is 37.6 Å². The summed E-state index contributed by atoms with van der Waals surface area (Å²) in [6.07, 6.45) is 1.76. The normalized spacial score (nSPS) is 17.2. The van der Waals surface area contributed by atoms with Crippen LogP contribution in [0.5, 0.6) is 0 Å². The van der Waals surface area contributed by atoms with E-state index < -0.39 is 6.09 Å². The molecule has 3 aromatic rings. The summed E-state index contributed by atoms with van der Waals surface area (Å²) in [5.74, 6) is 2.51. The highest BCUT2D eigenvalue weighted by molar-refractivity contribution is 5.74. The van der Waals surface area contributed by atoms with Gasteiger partial charge in [-0.25, -0.2) is 14.8 Å². The fraction of sp³-hybridized carbons (Fsp3) is 0.421. The number of nitrogens with zero attached hydrogens (tertiary/aromatic N) is 4. The van der Waals surface area contributed by atoms with Crippen molar-refractivity contribution in [2.24, 2.45) is 0 Å². The van der Waals surface area contributed by atoms with Gasteiger partial charge in [0.15, 0.2) is 5.65 Å². The SMILES string of the molecule is Cc1ccc(Cn2c(NC3CCN(CCNC(=O)O)C3)nc3cccnc32)o1. The van der Waals surface area contributed by atoms with Crippen LogP contribution in [0, 0.1) is 6.92 Å². The van der Waals surface area contributed by atoms with Crippen LogP contribution < -0.4 is 10.6 Å². The Morgan fingerprint density at radius 1 is 1.39 bits per heavy atom. The largest absolute Gasteiger partial charge is 0.465 e. The Balaban J connectivity index is 1.47. The molecule has 4 rings (SSSR count). The van der Waals surface area contributed by atoms with Gasteiger partial charge >= 0.3 is 6.09 Å². The Morgan fingerprint density at radius 3 is 3.07 bits per heavy atom. The summed E-state index contributed by atoms with van der Waals surface area (Å²) in [6, 6.07) is 8.01. The highest BCUT2D eigenvalue weighted by atomic mass is 16.4. The molecule has 1 unspecified atom stereocenters. The first kappa shape index (κ1) is 18.3. The van der Waals surface area contributed by atoms with Crippen molar-refractivity contribution in [2.45, 2.75) is 25.9 Å². The predicted molar refractivity (Wildman–Crippen MR) is 105 cm³/mol. The van der Waals surface area contributed by atoms with E-state index in [-0.39, 0.29) is 6.04 Å². The Labute approximate surface area is 162 Å². The molecule has 9 heteroatoms. The van der Waals surface area contributed by atoms with Crippen molar-refractivity contribution in [3.8, 4) is 0 Å². The van der Waals surface area contributed by atoms with Crippen LogP contribution in [0.15, 0.2) is 34.9 Å².